The third-order valence-corrected chi connectivity index (χ3v) is 4.90. The summed E-state index contributed by atoms with van der Waals surface area (Å²) < 4.78 is 1.04. The zero-order valence-corrected chi connectivity index (χ0v) is 12.6. The molecule has 17 heavy (non-hydrogen) atoms. The lowest BCUT2D eigenvalue weighted by Gasteiger charge is -2.14. The second kappa shape index (κ2) is 6.07. The van der Waals surface area contributed by atoms with E-state index in [9.17, 15) is 0 Å². The van der Waals surface area contributed by atoms with Gasteiger partial charge in [-0.1, -0.05) is 28.1 Å². The molecular weight excluding hydrogens is 316 g/mol. The fraction of sp³-hybridized carbons (Fsp3) is 0.417. The van der Waals surface area contributed by atoms with Gasteiger partial charge in [0.2, 0.25) is 0 Å². The van der Waals surface area contributed by atoms with E-state index in [1.165, 1.54) is 18.6 Å². The highest BCUT2D eigenvalue weighted by molar-refractivity contribution is 9.10. The third kappa shape index (κ3) is 3.60. The van der Waals surface area contributed by atoms with Crippen LogP contribution in [0.3, 0.4) is 0 Å². The van der Waals surface area contributed by atoms with Crippen molar-refractivity contribution in [2.75, 3.05) is 17.6 Å². The standard InChI is InChI=1S/C12H15BrN2S2/c13-8-3-4-10(12(14)16)11(6-8)15-7-9-2-1-5-17-9/h3-4,6,9,15H,1-2,5,7H2,(H2,14,16). The molecular formula is C12H15BrN2S2. The molecule has 1 aliphatic rings. The van der Waals surface area contributed by atoms with Crippen LogP contribution in [0.4, 0.5) is 5.69 Å². The molecule has 2 rings (SSSR count). The molecule has 3 N–H and O–H groups in total. The van der Waals surface area contributed by atoms with Gasteiger partial charge in [-0.3, -0.25) is 0 Å². The maximum absolute atomic E-state index is 5.72. The highest BCUT2D eigenvalue weighted by Gasteiger charge is 2.15. The summed E-state index contributed by atoms with van der Waals surface area (Å²) in [4.78, 5) is 0.444. The molecule has 0 aromatic heterocycles. The predicted molar refractivity (Wildman–Crippen MR) is 84.0 cm³/mol. The Hall–Kier alpha value is -0.260. The molecule has 1 aliphatic heterocycles. The quantitative estimate of drug-likeness (QED) is 0.830. The van der Waals surface area contributed by atoms with Gasteiger partial charge < -0.3 is 11.1 Å². The number of thioether (sulfide) groups is 1. The zero-order chi connectivity index (χ0) is 12.3. The van der Waals surface area contributed by atoms with Gasteiger partial charge in [0.15, 0.2) is 0 Å². The largest absolute Gasteiger partial charge is 0.389 e. The fourth-order valence-electron chi connectivity index (χ4n) is 1.91. The number of halogens is 1. The second-order valence-electron chi connectivity index (χ2n) is 4.07. The molecule has 1 unspecified atom stereocenters. The molecule has 1 saturated heterocycles. The Labute approximate surface area is 120 Å². The van der Waals surface area contributed by atoms with Crippen LogP contribution in [0.1, 0.15) is 18.4 Å². The number of benzene rings is 1. The Kier molecular flexibility index (Phi) is 4.70. The lowest BCUT2D eigenvalue weighted by Crippen LogP contribution is -2.18. The van der Waals surface area contributed by atoms with Crippen molar-refractivity contribution in [3.63, 3.8) is 0 Å². The SMILES string of the molecule is NC(=S)c1ccc(Br)cc1NCC1CCCS1. The number of hydrogen-bond donors (Lipinski definition) is 2. The van der Waals surface area contributed by atoms with Crippen LogP contribution in [0, 0.1) is 0 Å². The highest BCUT2D eigenvalue weighted by atomic mass is 79.9. The van der Waals surface area contributed by atoms with E-state index < -0.39 is 0 Å². The van der Waals surface area contributed by atoms with Gasteiger partial charge >= 0.3 is 0 Å². The minimum Gasteiger partial charge on any atom is -0.389 e. The molecule has 1 aromatic carbocycles. The summed E-state index contributed by atoms with van der Waals surface area (Å²) in [7, 11) is 0. The van der Waals surface area contributed by atoms with E-state index in [0.717, 1.165) is 22.3 Å². The molecule has 0 radical (unpaired) electrons. The van der Waals surface area contributed by atoms with Crippen LogP contribution < -0.4 is 11.1 Å². The Morgan fingerprint density at radius 1 is 1.59 bits per heavy atom. The van der Waals surface area contributed by atoms with Crippen molar-refractivity contribution in [2.24, 2.45) is 5.73 Å². The summed E-state index contributed by atoms with van der Waals surface area (Å²) in [6, 6.07) is 5.95. The molecule has 92 valence electrons. The number of rotatable bonds is 4. The first-order chi connectivity index (χ1) is 8.16. The molecule has 0 spiro atoms. The smallest absolute Gasteiger partial charge is 0.106 e. The number of hydrogen-bond acceptors (Lipinski definition) is 3. The van der Waals surface area contributed by atoms with Crippen molar-refractivity contribution in [1.29, 1.82) is 0 Å². The van der Waals surface area contributed by atoms with Crippen molar-refractivity contribution in [3.8, 4) is 0 Å². The summed E-state index contributed by atoms with van der Waals surface area (Å²) in [6.45, 7) is 0.983. The van der Waals surface area contributed by atoms with Gasteiger partial charge in [0.05, 0.1) is 0 Å². The number of nitrogens with two attached hydrogens (primary N) is 1. The van der Waals surface area contributed by atoms with Crippen LogP contribution in [0.15, 0.2) is 22.7 Å². The van der Waals surface area contributed by atoms with Crippen molar-refractivity contribution in [1.82, 2.24) is 0 Å². The fourth-order valence-corrected chi connectivity index (χ4v) is 3.65. The highest BCUT2D eigenvalue weighted by Crippen LogP contribution is 2.27. The van der Waals surface area contributed by atoms with Crippen LogP contribution in [-0.2, 0) is 0 Å². The molecule has 1 aromatic rings. The number of nitrogens with one attached hydrogen (secondary N) is 1. The molecule has 0 amide bonds. The van der Waals surface area contributed by atoms with Gasteiger partial charge in [-0.2, -0.15) is 11.8 Å². The Morgan fingerprint density at radius 3 is 3.06 bits per heavy atom. The maximum Gasteiger partial charge on any atom is 0.106 e. The molecule has 0 saturated carbocycles. The molecule has 1 heterocycles. The van der Waals surface area contributed by atoms with Crippen LogP contribution in [0.5, 0.6) is 0 Å². The predicted octanol–water partition coefficient (Wildman–Crippen LogP) is 3.39. The average molecular weight is 331 g/mol. The summed E-state index contributed by atoms with van der Waals surface area (Å²) in [6.07, 6.45) is 2.63. The van der Waals surface area contributed by atoms with Crippen molar-refractivity contribution < 1.29 is 0 Å². The van der Waals surface area contributed by atoms with Crippen molar-refractivity contribution in [2.45, 2.75) is 18.1 Å². The monoisotopic (exact) mass is 330 g/mol. The Morgan fingerprint density at radius 2 is 2.41 bits per heavy atom. The minimum atomic E-state index is 0.444. The minimum absolute atomic E-state index is 0.444. The maximum atomic E-state index is 5.72. The van der Waals surface area contributed by atoms with Crippen molar-refractivity contribution in [3.05, 3.63) is 28.2 Å². The van der Waals surface area contributed by atoms with E-state index in [1.807, 2.05) is 30.0 Å². The molecule has 1 atom stereocenters. The summed E-state index contributed by atoms with van der Waals surface area (Å²) >= 11 is 10.6. The first-order valence-electron chi connectivity index (χ1n) is 5.61. The Balaban J connectivity index is 2.07. The number of anilines is 1. The van der Waals surface area contributed by atoms with E-state index >= 15 is 0 Å². The van der Waals surface area contributed by atoms with E-state index in [1.54, 1.807) is 0 Å². The van der Waals surface area contributed by atoms with Crippen LogP contribution >= 0.6 is 39.9 Å². The normalized spacial score (nSPS) is 19.2. The van der Waals surface area contributed by atoms with Gasteiger partial charge in [0, 0.05) is 27.5 Å². The first kappa shape index (κ1) is 13.2. The van der Waals surface area contributed by atoms with E-state index in [0.29, 0.717) is 10.2 Å². The van der Waals surface area contributed by atoms with E-state index in [-0.39, 0.29) is 0 Å². The molecule has 5 heteroatoms. The summed E-state index contributed by atoms with van der Waals surface area (Å²) in [5, 5.41) is 4.17. The van der Waals surface area contributed by atoms with Gasteiger partial charge in [0.25, 0.3) is 0 Å². The van der Waals surface area contributed by atoms with Crippen molar-refractivity contribution >= 4 is 50.6 Å². The molecule has 0 bridgehead atoms. The lowest BCUT2D eigenvalue weighted by atomic mass is 10.1. The first-order valence-corrected chi connectivity index (χ1v) is 7.86. The van der Waals surface area contributed by atoms with Gasteiger partial charge in [0.1, 0.15) is 4.99 Å². The summed E-state index contributed by atoms with van der Waals surface area (Å²) in [5.74, 6) is 1.28. The van der Waals surface area contributed by atoms with Crippen LogP contribution in [0.25, 0.3) is 0 Å². The average Bonchev–Trinajstić information content (AvgIpc) is 2.78. The topological polar surface area (TPSA) is 38.0 Å². The molecule has 1 fully saturated rings. The third-order valence-electron chi connectivity index (χ3n) is 2.79. The zero-order valence-electron chi connectivity index (χ0n) is 9.41. The molecule has 0 aliphatic carbocycles. The van der Waals surface area contributed by atoms with Gasteiger partial charge in [-0.25, -0.2) is 0 Å². The lowest BCUT2D eigenvalue weighted by molar-refractivity contribution is 0.805. The number of thiocarbonyl (C=S) groups is 1. The van der Waals surface area contributed by atoms with Crippen LogP contribution in [0.2, 0.25) is 0 Å². The van der Waals surface area contributed by atoms with Gasteiger partial charge in [-0.05, 0) is 36.8 Å². The summed E-state index contributed by atoms with van der Waals surface area (Å²) in [5.41, 5.74) is 7.67. The molecule has 2 nitrogen and oxygen atoms in total. The van der Waals surface area contributed by atoms with E-state index in [4.69, 9.17) is 18.0 Å². The second-order valence-corrected chi connectivity index (χ2v) is 6.83. The van der Waals surface area contributed by atoms with E-state index in [2.05, 4.69) is 21.2 Å². The Bertz CT molecular complexity index is 417. The van der Waals surface area contributed by atoms with Crippen LogP contribution in [-0.4, -0.2) is 22.5 Å². The van der Waals surface area contributed by atoms with Gasteiger partial charge in [-0.15, -0.1) is 0 Å².